The van der Waals surface area contributed by atoms with E-state index < -0.39 is 0 Å². The number of rotatable bonds is 3. The molecule has 4 heteroatoms. The molecule has 0 amide bonds. The summed E-state index contributed by atoms with van der Waals surface area (Å²) in [6.07, 6.45) is 0. The average Bonchev–Trinajstić information content (AvgIpc) is 2.41. The third kappa shape index (κ3) is 4.54. The van der Waals surface area contributed by atoms with Crippen molar-refractivity contribution in [3.63, 3.8) is 0 Å². The van der Waals surface area contributed by atoms with Gasteiger partial charge in [-0.3, -0.25) is 0 Å². The summed E-state index contributed by atoms with van der Waals surface area (Å²) in [4.78, 5) is 0. The Balaban J connectivity index is 1.84. The quantitative estimate of drug-likeness (QED) is 0.831. The summed E-state index contributed by atoms with van der Waals surface area (Å²) in [6, 6.07) is 15.8. The lowest BCUT2D eigenvalue weighted by Gasteiger charge is -2.10. The zero-order chi connectivity index (χ0) is 13.7. The van der Waals surface area contributed by atoms with Crippen LogP contribution in [0.5, 0.6) is 0 Å². The highest BCUT2D eigenvalue weighted by atomic mass is 35.5. The zero-order valence-corrected chi connectivity index (χ0v) is 12.2. The molecule has 0 fully saturated rings. The molecule has 0 saturated carbocycles. The van der Waals surface area contributed by atoms with Crippen molar-refractivity contribution in [1.29, 1.82) is 0 Å². The SMILES string of the molecule is Cc1ccc(NC(=S)NCc2ccc(Cl)cc2)cc1. The van der Waals surface area contributed by atoms with E-state index >= 15 is 0 Å². The van der Waals surface area contributed by atoms with Crippen molar-refractivity contribution < 1.29 is 0 Å². The highest BCUT2D eigenvalue weighted by Gasteiger charge is 1.98. The fourth-order valence-electron chi connectivity index (χ4n) is 1.60. The Labute approximate surface area is 123 Å². The Morgan fingerprint density at radius 1 is 1.05 bits per heavy atom. The maximum Gasteiger partial charge on any atom is 0.171 e. The summed E-state index contributed by atoms with van der Waals surface area (Å²) in [6.45, 7) is 2.73. The van der Waals surface area contributed by atoms with Crippen molar-refractivity contribution in [1.82, 2.24) is 5.32 Å². The van der Waals surface area contributed by atoms with Gasteiger partial charge in [-0.1, -0.05) is 41.4 Å². The molecule has 0 aliphatic heterocycles. The molecule has 0 atom stereocenters. The second-order valence-electron chi connectivity index (χ2n) is 4.30. The van der Waals surface area contributed by atoms with E-state index in [0.717, 1.165) is 16.3 Å². The third-order valence-electron chi connectivity index (χ3n) is 2.68. The van der Waals surface area contributed by atoms with Crippen LogP contribution in [0.1, 0.15) is 11.1 Å². The monoisotopic (exact) mass is 290 g/mol. The molecule has 0 aliphatic rings. The van der Waals surface area contributed by atoms with Gasteiger partial charge in [0, 0.05) is 17.3 Å². The number of benzene rings is 2. The number of hydrogen-bond donors (Lipinski definition) is 2. The molecule has 19 heavy (non-hydrogen) atoms. The minimum atomic E-state index is 0.610. The normalized spacial score (nSPS) is 10.0. The van der Waals surface area contributed by atoms with Gasteiger partial charge in [0.1, 0.15) is 0 Å². The Morgan fingerprint density at radius 2 is 1.68 bits per heavy atom. The van der Waals surface area contributed by atoms with Gasteiger partial charge < -0.3 is 10.6 Å². The molecule has 2 nitrogen and oxygen atoms in total. The van der Waals surface area contributed by atoms with Gasteiger partial charge in [-0.15, -0.1) is 0 Å². The van der Waals surface area contributed by atoms with Crippen LogP contribution in [0.2, 0.25) is 5.02 Å². The van der Waals surface area contributed by atoms with E-state index in [1.807, 2.05) is 48.5 Å². The molecular weight excluding hydrogens is 276 g/mol. The van der Waals surface area contributed by atoms with Crippen LogP contribution < -0.4 is 10.6 Å². The summed E-state index contributed by atoms with van der Waals surface area (Å²) < 4.78 is 0. The number of aryl methyl sites for hydroxylation is 1. The Kier molecular flexibility index (Phi) is 4.77. The maximum absolute atomic E-state index is 5.84. The Morgan fingerprint density at radius 3 is 2.32 bits per heavy atom. The lowest BCUT2D eigenvalue weighted by atomic mass is 10.2. The summed E-state index contributed by atoms with van der Waals surface area (Å²) in [5, 5.41) is 7.65. The lowest BCUT2D eigenvalue weighted by molar-refractivity contribution is 0.926. The van der Waals surface area contributed by atoms with E-state index in [1.54, 1.807) is 0 Å². The van der Waals surface area contributed by atoms with Gasteiger partial charge in [0.05, 0.1) is 0 Å². The lowest BCUT2D eigenvalue weighted by Crippen LogP contribution is -2.27. The number of hydrogen-bond acceptors (Lipinski definition) is 1. The standard InChI is InChI=1S/C15H15ClN2S/c1-11-2-8-14(9-3-11)18-15(19)17-10-12-4-6-13(16)7-5-12/h2-9H,10H2,1H3,(H2,17,18,19). The molecule has 98 valence electrons. The topological polar surface area (TPSA) is 24.1 Å². The summed E-state index contributed by atoms with van der Waals surface area (Å²) in [5.74, 6) is 0. The molecule has 2 rings (SSSR count). The second-order valence-corrected chi connectivity index (χ2v) is 5.14. The third-order valence-corrected chi connectivity index (χ3v) is 3.17. The molecule has 0 saturated heterocycles. The van der Waals surface area contributed by atoms with Crippen LogP contribution in [0.15, 0.2) is 48.5 Å². The van der Waals surface area contributed by atoms with Gasteiger partial charge >= 0.3 is 0 Å². The number of nitrogens with one attached hydrogen (secondary N) is 2. The summed E-state index contributed by atoms with van der Waals surface area (Å²) in [5.41, 5.74) is 3.35. The highest BCUT2D eigenvalue weighted by Crippen LogP contribution is 2.10. The predicted octanol–water partition coefficient (Wildman–Crippen LogP) is 4.14. The molecule has 0 bridgehead atoms. The molecular formula is C15H15ClN2S. The van der Waals surface area contributed by atoms with Crippen LogP contribution in [0.25, 0.3) is 0 Å². The van der Waals surface area contributed by atoms with E-state index in [2.05, 4.69) is 17.6 Å². The van der Waals surface area contributed by atoms with Gasteiger partial charge in [-0.05, 0) is 49.0 Å². The molecule has 0 aliphatic carbocycles. The molecule has 0 radical (unpaired) electrons. The smallest absolute Gasteiger partial charge is 0.171 e. The van der Waals surface area contributed by atoms with Crippen molar-refractivity contribution in [3.05, 3.63) is 64.7 Å². The minimum Gasteiger partial charge on any atom is -0.358 e. The second kappa shape index (κ2) is 6.55. The van der Waals surface area contributed by atoms with Crippen LogP contribution in [0, 0.1) is 6.92 Å². The van der Waals surface area contributed by atoms with Crippen LogP contribution in [0.3, 0.4) is 0 Å². The maximum atomic E-state index is 5.84. The van der Waals surface area contributed by atoms with E-state index in [9.17, 15) is 0 Å². The van der Waals surface area contributed by atoms with E-state index in [1.165, 1.54) is 5.56 Å². The average molecular weight is 291 g/mol. The van der Waals surface area contributed by atoms with Crippen molar-refractivity contribution in [2.24, 2.45) is 0 Å². The van der Waals surface area contributed by atoms with Crippen LogP contribution >= 0.6 is 23.8 Å². The first kappa shape index (κ1) is 13.8. The molecule has 2 aromatic carbocycles. The molecule has 0 spiro atoms. The van der Waals surface area contributed by atoms with Crippen LogP contribution in [-0.4, -0.2) is 5.11 Å². The first-order chi connectivity index (χ1) is 9.13. The van der Waals surface area contributed by atoms with Crippen LogP contribution in [0.4, 0.5) is 5.69 Å². The molecule has 2 aromatic rings. The van der Waals surface area contributed by atoms with Gasteiger partial charge in [-0.2, -0.15) is 0 Å². The largest absolute Gasteiger partial charge is 0.358 e. The van der Waals surface area contributed by atoms with Gasteiger partial charge in [0.2, 0.25) is 0 Å². The van der Waals surface area contributed by atoms with Crippen LogP contribution in [-0.2, 0) is 6.54 Å². The van der Waals surface area contributed by atoms with Crippen molar-refractivity contribution >= 4 is 34.6 Å². The van der Waals surface area contributed by atoms with Crippen molar-refractivity contribution in [2.75, 3.05) is 5.32 Å². The predicted molar refractivity (Wildman–Crippen MR) is 85.7 cm³/mol. The Bertz CT molecular complexity index is 549. The van der Waals surface area contributed by atoms with Gasteiger partial charge in [0.25, 0.3) is 0 Å². The molecule has 0 unspecified atom stereocenters. The number of halogens is 1. The number of thiocarbonyl (C=S) groups is 1. The summed E-state index contributed by atoms with van der Waals surface area (Å²) in [7, 11) is 0. The number of anilines is 1. The molecule has 2 N–H and O–H groups in total. The van der Waals surface area contributed by atoms with E-state index in [-0.39, 0.29) is 0 Å². The fraction of sp³-hybridized carbons (Fsp3) is 0.133. The zero-order valence-electron chi connectivity index (χ0n) is 10.6. The first-order valence-corrected chi connectivity index (χ1v) is 6.78. The van der Waals surface area contributed by atoms with E-state index in [0.29, 0.717) is 11.7 Å². The minimum absolute atomic E-state index is 0.610. The Hall–Kier alpha value is -1.58. The van der Waals surface area contributed by atoms with Gasteiger partial charge in [0.15, 0.2) is 5.11 Å². The van der Waals surface area contributed by atoms with Crippen molar-refractivity contribution in [3.8, 4) is 0 Å². The fourth-order valence-corrected chi connectivity index (χ4v) is 1.91. The molecule has 0 heterocycles. The highest BCUT2D eigenvalue weighted by molar-refractivity contribution is 7.80. The van der Waals surface area contributed by atoms with Gasteiger partial charge in [-0.25, -0.2) is 0 Å². The summed E-state index contributed by atoms with van der Waals surface area (Å²) >= 11 is 11.1. The molecule has 0 aromatic heterocycles. The van der Waals surface area contributed by atoms with E-state index in [4.69, 9.17) is 23.8 Å². The van der Waals surface area contributed by atoms with Crippen molar-refractivity contribution in [2.45, 2.75) is 13.5 Å². The first-order valence-electron chi connectivity index (χ1n) is 5.99.